The molecule has 0 fully saturated rings. The molecule has 5 nitrogen and oxygen atoms in total. The lowest BCUT2D eigenvalue weighted by molar-refractivity contribution is 0.429. The van der Waals surface area contributed by atoms with Gasteiger partial charge < -0.3 is 5.32 Å². The Morgan fingerprint density at radius 2 is 1.52 bits per heavy atom. The third-order valence-corrected chi connectivity index (χ3v) is 3.22. The third kappa shape index (κ3) is 4.29. The van der Waals surface area contributed by atoms with Crippen LogP contribution in [0.15, 0.2) is 18.5 Å². The molecule has 112 valence electrons. The van der Waals surface area contributed by atoms with Gasteiger partial charge in [-0.15, -0.1) is 0 Å². The van der Waals surface area contributed by atoms with Gasteiger partial charge in [-0.1, -0.05) is 0 Å². The monoisotopic (exact) mass is 285 g/mol. The first-order valence-corrected chi connectivity index (χ1v) is 7.23. The molecule has 0 atom stereocenters. The summed E-state index contributed by atoms with van der Waals surface area (Å²) in [6.07, 6.45) is 4.33. The Morgan fingerprint density at radius 1 is 0.952 bits per heavy atom. The molecule has 2 aromatic heterocycles. The van der Waals surface area contributed by atoms with Gasteiger partial charge in [0.2, 0.25) is 0 Å². The summed E-state index contributed by atoms with van der Waals surface area (Å²) in [5, 5.41) is 3.49. The van der Waals surface area contributed by atoms with Crippen LogP contribution in [0.5, 0.6) is 0 Å². The Morgan fingerprint density at radius 3 is 2.05 bits per heavy atom. The molecular weight excluding hydrogens is 262 g/mol. The predicted molar refractivity (Wildman–Crippen MR) is 84.0 cm³/mol. The quantitative estimate of drug-likeness (QED) is 0.935. The third-order valence-electron chi connectivity index (χ3n) is 3.22. The van der Waals surface area contributed by atoms with Crippen LogP contribution in [0.2, 0.25) is 0 Å². The van der Waals surface area contributed by atoms with Crippen molar-refractivity contribution >= 4 is 0 Å². The van der Waals surface area contributed by atoms with Gasteiger partial charge >= 0.3 is 0 Å². The van der Waals surface area contributed by atoms with Gasteiger partial charge in [0, 0.05) is 29.3 Å². The zero-order chi connectivity index (χ0) is 15.5. The molecule has 0 aliphatic rings. The van der Waals surface area contributed by atoms with Crippen molar-refractivity contribution in [3.05, 3.63) is 35.4 Å². The van der Waals surface area contributed by atoms with E-state index in [4.69, 9.17) is 0 Å². The van der Waals surface area contributed by atoms with E-state index in [1.54, 1.807) is 18.5 Å². The summed E-state index contributed by atoms with van der Waals surface area (Å²) in [4.78, 5) is 17.5. The van der Waals surface area contributed by atoms with Gasteiger partial charge in [0.15, 0.2) is 11.6 Å². The zero-order valence-electron chi connectivity index (χ0n) is 13.4. The van der Waals surface area contributed by atoms with Gasteiger partial charge in [-0.25, -0.2) is 19.9 Å². The Labute approximate surface area is 126 Å². The molecule has 5 heteroatoms. The second-order valence-corrected chi connectivity index (χ2v) is 6.20. The fourth-order valence-electron chi connectivity index (χ4n) is 2.18. The highest BCUT2D eigenvalue weighted by atomic mass is 15.0. The van der Waals surface area contributed by atoms with Crippen LogP contribution in [0, 0.1) is 13.8 Å². The lowest BCUT2D eigenvalue weighted by Gasteiger charge is -2.21. The minimum absolute atomic E-state index is 0.125. The molecule has 0 saturated heterocycles. The number of nitrogens with zero attached hydrogens (tertiary/aromatic N) is 4. The average Bonchev–Trinajstić information content (AvgIpc) is 2.41. The fraction of sp³-hybridized carbons (Fsp3) is 0.500. The molecule has 0 aliphatic heterocycles. The fourth-order valence-corrected chi connectivity index (χ4v) is 2.18. The van der Waals surface area contributed by atoms with Crippen LogP contribution in [0.3, 0.4) is 0 Å². The number of rotatable bonds is 4. The predicted octanol–water partition coefficient (Wildman–Crippen LogP) is 2.48. The topological polar surface area (TPSA) is 63.6 Å². The highest BCUT2D eigenvalue weighted by Gasteiger charge is 2.13. The first-order valence-electron chi connectivity index (χ1n) is 7.23. The van der Waals surface area contributed by atoms with Crippen molar-refractivity contribution in [3.8, 4) is 11.6 Å². The Balaban J connectivity index is 2.18. The molecule has 0 amide bonds. The van der Waals surface area contributed by atoms with Crippen LogP contribution in [-0.4, -0.2) is 32.0 Å². The molecule has 0 aromatic carbocycles. The summed E-state index contributed by atoms with van der Waals surface area (Å²) in [6.45, 7) is 11.5. The van der Waals surface area contributed by atoms with Crippen LogP contribution < -0.4 is 5.32 Å². The van der Waals surface area contributed by atoms with E-state index in [9.17, 15) is 0 Å². The van der Waals surface area contributed by atoms with E-state index in [-0.39, 0.29) is 5.54 Å². The Hall–Kier alpha value is -1.88. The number of aromatic nitrogens is 4. The van der Waals surface area contributed by atoms with Crippen molar-refractivity contribution in [3.63, 3.8) is 0 Å². The molecule has 0 radical (unpaired) electrons. The lowest BCUT2D eigenvalue weighted by Crippen LogP contribution is -2.37. The van der Waals surface area contributed by atoms with Crippen LogP contribution in [0.4, 0.5) is 0 Å². The minimum atomic E-state index is 0.125. The van der Waals surface area contributed by atoms with Gasteiger partial charge in [0.05, 0.1) is 0 Å². The van der Waals surface area contributed by atoms with Crippen LogP contribution in [-0.2, 0) is 6.42 Å². The maximum absolute atomic E-state index is 4.56. The molecule has 1 N–H and O–H groups in total. The Kier molecular flexibility index (Phi) is 4.63. The molecule has 0 saturated carbocycles. The number of aryl methyl sites for hydroxylation is 2. The van der Waals surface area contributed by atoms with Crippen molar-refractivity contribution in [2.75, 3.05) is 6.54 Å². The number of hydrogen-bond acceptors (Lipinski definition) is 5. The van der Waals surface area contributed by atoms with Crippen molar-refractivity contribution in [1.82, 2.24) is 25.3 Å². The molecule has 2 heterocycles. The maximum atomic E-state index is 4.56. The highest BCUT2D eigenvalue weighted by molar-refractivity contribution is 5.44. The molecule has 2 rings (SSSR count). The summed E-state index contributed by atoms with van der Waals surface area (Å²) in [6, 6.07) is 1.79. The second kappa shape index (κ2) is 6.26. The first-order chi connectivity index (χ1) is 9.87. The average molecular weight is 285 g/mol. The summed E-state index contributed by atoms with van der Waals surface area (Å²) >= 11 is 0. The first kappa shape index (κ1) is 15.5. The molecular formula is C16H23N5. The van der Waals surface area contributed by atoms with E-state index >= 15 is 0 Å². The van der Waals surface area contributed by atoms with Gasteiger partial charge in [-0.05, 0) is 59.2 Å². The summed E-state index contributed by atoms with van der Waals surface area (Å²) in [5.41, 5.74) is 3.33. The normalized spacial score (nSPS) is 11.7. The van der Waals surface area contributed by atoms with E-state index in [2.05, 4.69) is 46.0 Å². The van der Waals surface area contributed by atoms with E-state index in [1.165, 1.54) is 5.56 Å². The molecule has 0 bridgehead atoms. The zero-order valence-corrected chi connectivity index (χ0v) is 13.4. The van der Waals surface area contributed by atoms with Crippen molar-refractivity contribution in [2.24, 2.45) is 0 Å². The molecule has 0 aliphatic carbocycles. The van der Waals surface area contributed by atoms with Crippen molar-refractivity contribution < 1.29 is 0 Å². The molecule has 0 spiro atoms. The minimum Gasteiger partial charge on any atom is -0.312 e. The van der Waals surface area contributed by atoms with Gasteiger partial charge in [0.1, 0.15) is 0 Å². The molecule has 21 heavy (non-hydrogen) atoms. The summed E-state index contributed by atoms with van der Waals surface area (Å²) in [7, 11) is 0. The van der Waals surface area contributed by atoms with Crippen LogP contribution >= 0.6 is 0 Å². The standard InChI is InChI=1S/C16H23N5/c1-11-13(7-10-19-16(3,4)5)12(2)21-15(20-11)14-17-8-6-9-18-14/h6,8-9,19H,7,10H2,1-5H3. The molecule has 0 unspecified atom stereocenters. The highest BCUT2D eigenvalue weighted by Crippen LogP contribution is 2.16. The maximum Gasteiger partial charge on any atom is 0.198 e. The second-order valence-electron chi connectivity index (χ2n) is 6.20. The summed E-state index contributed by atoms with van der Waals surface area (Å²) < 4.78 is 0. The van der Waals surface area contributed by atoms with Crippen LogP contribution in [0.25, 0.3) is 11.6 Å². The van der Waals surface area contributed by atoms with Crippen LogP contribution in [0.1, 0.15) is 37.7 Å². The van der Waals surface area contributed by atoms with E-state index < -0.39 is 0 Å². The van der Waals surface area contributed by atoms with Gasteiger partial charge in [-0.3, -0.25) is 0 Å². The van der Waals surface area contributed by atoms with Gasteiger partial charge in [0.25, 0.3) is 0 Å². The lowest BCUT2D eigenvalue weighted by atomic mass is 10.1. The van der Waals surface area contributed by atoms with E-state index in [0.717, 1.165) is 24.4 Å². The largest absolute Gasteiger partial charge is 0.312 e. The van der Waals surface area contributed by atoms with Gasteiger partial charge in [-0.2, -0.15) is 0 Å². The van der Waals surface area contributed by atoms with E-state index in [0.29, 0.717) is 11.6 Å². The Bertz CT molecular complexity index is 579. The van der Waals surface area contributed by atoms with Crippen molar-refractivity contribution in [2.45, 2.75) is 46.6 Å². The SMILES string of the molecule is Cc1nc(-c2ncccn2)nc(C)c1CCNC(C)(C)C. The smallest absolute Gasteiger partial charge is 0.198 e. The number of nitrogens with one attached hydrogen (secondary N) is 1. The molecule has 2 aromatic rings. The van der Waals surface area contributed by atoms with Crippen molar-refractivity contribution in [1.29, 1.82) is 0 Å². The summed E-state index contributed by atoms with van der Waals surface area (Å²) in [5.74, 6) is 1.17. The van der Waals surface area contributed by atoms with E-state index in [1.807, 2.05) is 13.8 Å². The number of hydrogen-bond donors (Lipinski definition) is 1.